The molecule has 0 radical (unpaired) electrons. The van der Waals surface area contributed by atoms with E-state index in [1.807, 2.05) is 0 Å². The normalized spacial score (nSPS) is 21.7. The molecular formula is C17H18N2S. The average molecular weight is 282 g/mol. The lowest BCUT2D eigenvalue weighted by atomic mass is 9.99. The molecule has 2 nitrogen and oxygen atoms in total. The van der Waals surface area contributed by atoms with Crippen LogP contribution in [0.1, 0.15) is 18.4 Å². The number of anilines is 1. The van der Waals surface area contributed by atoms with Crippen molar-refractivity contribution in [3.05, 3.63) is 42.0 Å². The Kier molecular flexibility index (Phi) is 2.97. The van der Waals surface area contributed by atoms with Crippen LogP contribution in [0.25, 0.3) is 10.8 Å². The number of rotatable bonds is 2. The third kappa shape index (κ3) is 1.85. The van der Waals surface area contributed by atoms with Crippen LogP contribution in [0.3, 0.4) is 0 Å². The zero-order valence-electron chi connectivity index (χ0n) is 11.4. The molecular weight excluding hydrogens is 264 g/mol. The second-order valence-electron chi connectivity index (χ2n) is 5.81. The van der Waals surface area contributed by atoms with Crippen LogP contribution in [0.5, 0.6) is 0 Å². The summed E-state index contributed by atoms with van der Waals surface area (Å²) in [7, 11) is 0. The Bertz CT molecular complexity index is 668. The minimum Gasteiger partial charge on any atom is -0.331 e. The highest BCUT2D eigenvalue weighted by atomic mass is 32.1. The molecule has 1 atom stereocenters. The molecule has 0 spiro atoms. The van der Waals surface area contributed by atoms with E-state index in [0.29, 0.717) is 5.92 Å². The highest BCUT2D eigenvalue weighted by molar-refractivity contribution is 7.81. The van der Waals surface area contributed by atoms with Crippen molar-refractivity contribution in [3.8, 4) is 0 Å². The first kappa shape index (κ1) is 12.3. The third-order valence-electron chi connectivity index (χ3n) is 4.49. The van der Waals surface area contributed by atoms with E-state index in [-0.39, 0.29) is 0 Å². The van der Waals surface area contributed by atoms with Crippen molar-refractivity contribution in [1.82, 2.24) is 5.32 Å². The Morgan fingerprint density at radius 1 is 1.20 bits per heavy atom. The van der Waals surface area contributed by atoms with Gasteiger partial charge in [-0.25, -0.2) is 0 Å². The number of hydrogen-bond acceptors (Lipinski definition) is 2. The van der Waals surface area contributed by atoms with Gasteiger partial charge in [0.1, 0.15) is 4.99 Å². The van der Waals surface area contributed by atoms with Gasteiger partial charge in [0.05, 0.1) is 5.69 Å². The molecule has 4 rings (SSSR count). The summed E-state index contributed by atoms with van der Waals surface area (Å²) < 4.78 is 0. The molecule has 1 unspecified atom stereocenters. The van der Waals surface area contributed by atoms with Crippen LogP contribution in [0.4, 0.5) is 5.69 Å². The van der Waals surface area contributed by atoms with E-state index in [2.05, 4.69) is 46.6 Å². The molecule has 20 heavy (non-hydrogen) atoms. The van der Waals surface area contributed by atoms with E-state index >= 15 is 0 Å². The number of thiocarbonyl (C=S) groups is 1. The lowest BCUT2D eigenvalue weighted by Crippen LogP contribution is -2.39. The minimum atomic E-state index is 0.700. The summed E-state index contributed by atoms with van der Waals surface area (Å²) in [4.78, 5) is 3.35. The summed E-state index contributed by atoms with van der Waals surface area (Å²) in [5.74, 6) is 0.700. The van der Waals surface area contributed by atoms with E-state index in [1.54, 1.807) is 0 Å². The molecule has 2 aliphatic rings. The smallest absolute Gasteiger partial charge is 0.114 e. The van der Waals surface area contributed by atoms with Crippen LogP contribution in [0.2, 0.25) is 0 Å². The Morgan fingerprint density at radius 3 is 2.85 bits per heavy atom. The van der Waals surface area contributed by atoms with Gasteiger partial charge in [0.25, 0.3) is 0 Å². The van der Waals surface area contributed by atoms with Gasteiger partial charge < -0.3 is 10.2 Å². The van der Waals surface area contributed by atoms with Crippen LogP contribution in [0.15, 0.2) is 36.4 Å². The summed E-state index contributed by atoms with van der Waals surface area (Å²) in [6.07, 6.45) is 2.58. The number of hydrogen-bond donors (Lipinski definition) is 1. The molecule has 0 amide bonds. The Balaban J connectivity index is 1.73. The lowest BCUT2D eigenvalue weighted by Gasteiger charge is -2.29. The van der Waals surface area contributed by atoms with Gasteiger partial charge in [0.15, 0.2) is 0 Å². The Morgan fingerprint density at radius 2 is 2.05 bits per heavy atom. The zero-order chi connectivity index (χ0) is 13.5. The standard InChI is InChI=1S/C17H18N2S/c20-17-14-7-1-5-13-6-2-8-15(16(13)14)19(17)11-12-4-3-9-18-10-12/h1-2,5-8,12,18H,3-4,9-11H2. The predicted molar refractivity (Wildman–Crippen MR) is 88.6 cm³/mol. The largest absolute Gasteiger partial charge is 0.331 e. The van der Waals surface area contributed by atoms with Crippen molar-refractivity contribution in [1.29, 1.82) is 0 Å². The van der Waals surface area contributed by atoms with Crippen LogP contribution in [-0.4, -0.2) is 24.6 Å². The molecule has 1 fully saturated rings. The monoisotopic (exact) mass is 282 g/mol. The van der Waals surface area contributed by atoms with Crippen molar-refractivity contribution >= 4 is 33.7 Å². The summed E-state index contributed by atoms with van der Waals surface area (Å²) >= 11 is 5.73. The van der Waals surface area contributed by atoms with Crippen molar-refractivity contribution in [2.75, 3.05) is 24.5 Å². The first-order valence-electron chi connectivity index (χ1n) is 7.39. The highest BCUT2D eigenvalue weighted by Gasteiger charge is 2.28. The summed E-state index contributed by atoms with van der Waals surface area (Å²) in [6, 6.07) is 13.0. The summed E-state index contributed by atoms with van der Waals surface area (Å²) in [5.41, 5.74) is 2.53. The van der Waals surface area contributed by atoms with Gasteiger partial charge in [-0.2, -0.15) is 0 Å². The first-order chi connectivity index (χ1) is 9.84. The fourth-order valence-electron chi connectivity index (χ4n) is 3.50. The number of benzene rings is 2. The van der Waals surface area contributed by atoms with Crippen LogP contribution in [-0.2, 0) is 0 Å². The van der Waals surface area contributed by atoms with Crippen molar-refractivity contribution < 1.29 is 0 Å². The molecule has 2 aromatic rings. The molecule has 0 aromatic heterocycles. The molecule has 3 heteroatoms. The molecule has 1 N–H and O–H groups in total. The Labute approximate surface area is 124 Å². The van der Waals surface area contributed by atoms with Gasteiger partial charge in [-0.3, -0.25) is 0 Å². The van der Waals surface area contributed by atoms with Gasteiger partial charge >= 0.3 is 0 Å². The fraction of sp³-hybridized carbons (Fsp3) is 0.353. The number of nitrogens with zero attached hydrogens (tertiary/aromatic N) is 1. The first-order valence-corrected chi connectivity index (χ1v) is 7.80. The summed E-state index contributed by atoms with van der Waals surface area (Å²) in [6.45, 7) is 3.32. The maximum atomic E-state index is 5.73. The zero-order valence-corrected chi connectivity index (χ0v) is 12.2. The third-order valence-corrected chi connectivity index (χ3v) is 4.93. The van der Waals surface area contributed by atoms with Crippen molar-refractivity contribution in [3.63, 3.8) is 0 Å². The molecule has 2 heterocycles. The van der Waals surface area contributed by atoms with Gasteiger partial charge in [-0.15, -0.1) is 0 Å². The van der Waals surface area contributed by atoms with E-state index in [0.717, 1.165) is 24.6 Å². The molecule has 102 valence electrons. The number of nitrogens with one attached hydrogen (secondary N) is 1. The van der Waals surface area contributed by atoms with E-state index in [1.165, 1.54) is 34.9 Å². The van der Waals surface area contributed by atoms with Gasteiger partial charge in [0.2, 0.25) is 0 Å². The molecule has 0 bridgehead atoms. The molecule has 0 aliphatic carbocycles. The van der Waals surface area contributed by atoms with Gasteiger partial charge in [-0.05, 0) is 43.3 Å². The average Bonchev–Trinajstić information content (AvgIpc) is 2.77. The lowest BCUT2D eigenvalue weighted by molar-refractivity contribution is 0.386. The predicted octanol–water partition coefficient (Wildman–Crippen LogP) is 3.33. The van der Waals surface area contributed by atoms with Crippen LogP contribution < -0.4 is 10.2 Å². The van der Waals surface area contributed by atoms with E-state index in [4.69, 9.17) is 12.2 Å². The van der Waals surface area contributed by atoms with E-state index < -0.39 is 0 Å². The fourth-order valence-corrected chi connectivity index (χ4v) is 3.84. The Hall–Kier alpha value is -1.45. The van der Waals surface area contributed by atoms with Crippen molar-refractivity contribution in [2.45, 2.75) is 12.8 Å². The van der Waals surface area contributed by atoms with Crippen LogP contribution in [0, 0.1) is 5.92 Å². The quantitative estimate of drug-likeness (QED) is 0.851. The van der Waals surface area contributed by atoms with E-state index in [9.17, 15) is 0 Å². The SMILES string of the molecule is S=C1c2cccc3cccc(c23)N1CC1CCCNC1. The second kappa shape index (κ2) is 4.83. The molecule has 1 saturated heterocycles. The van der Waals surface area contributed by atoms with Gasteiger partial charge in [0, 0.05) is 17.5 Å². The second-order valence-corrected chi connectivity index (χ2v) is 6.20. The van der Waals surface area contributed by atoms with Gasteiger partial charge in [-0.1, -0.05) is 42.5 Å². The summed E-state index contributed by atoms with van der Waals surface area (Å²) in [5, 5.41) is 6.13. The molecule has 2 aromatic carbocycles. The highest BCUT2D eigenvalue weighted by Crippen LogP contribution is 2.38. The number of piperidine rings is 1. The topological polar surface area (TPSA) is 15.3 Å². The maximum absolute atomic E-state index is 5.73. The minimum absolute atomic E-state index is 0.700. The maximum Gasteiger partial charge on any atom is 0.114 e. The molecule has 0 saturated carbocycles. The molecule has 2 aliphatic heterocycles. The van der Waals surface area contributed by atoms with Crippen molar-refractivity contribution in [2.24, 2.45) is 5.92 Å². The van der Waals surface area contributed by atoms with Crippen LogP contribution >= 0.6 is 12.2 Å².